The maximum atomic E-state index is 11.0. The van der Waals surface area contributed by atoms with Crippen molar-refractivity contribution >= 4 is 6.29 Å². The van der Waals surface area contributed by atoms with Crippen LogP contribution in [0.3, 0.4) is 0 Å². The maximum absolute atomic E-state index is 11.0. The molecule has 2 heteroatoms. The van der Waals surface area contributed by atoms with Crippen molar-refractivity contribution in [2.24, 2.45) is 0 Å². The van der Waals surface area contributed by atoms with Gasteiger partial charge in [0, 0.05) is 5.56 Å². The lowest BCUT2D eigenvalue weighted by molar-refractivity contribution is 0.112. The second kappa shape index (κ2) is 5.30. The van der Waals surface area contributed by atoms with Gasteiger partial charge in [-0.25, -0.2) is 0 Å². The van der Waals surface area contributed by atoms with Crippen molar-refractivity contribution in [3.05, 3.63) is 65.2 Å². The molecule has 0 N–H and O–H groups in total. The van der Waals surface area contributed by atoms with Gasteiger partial charge in [-0.3, -0.25) is 4.79 Å². The van der Waals surface area contributed by atoms with Crippen LogP contribution in [0.5, 0.6) is 5.75 Å². The van der Waals surface area contributed by atoms with Crippen LogP contribution in [-0.4, -0.2) is 13.4 Å². The van der Waals surface area contributed by atoms with Crippen molar-refractivity contribution in [2.75, 3.05) is 7.11 Å². The lowest BCUT2D eigenvalue weighted by atomic mass is 10.0. The van der Waals surface area contributed by atoms with Crippen molar-refractivity contribution in [1.82, 2.24) is 0 Å². The largest absolute Gasteiger partial charge is 0.497 e. The summed E-state index contributed by atoms with van der Waals surface area (Å²) in [4.78, 5) is 11.0. The lowest BCUT2D eigenvalue weighted by Crippen LogP contribution is -1.96. The van der Waals surface area contributed by atoms with Gasteiger partial charge in [-0.2, -0.15) is 0 Å². The zero-order chi connectivity index (χ0) is 12.1. The van der Waals surface area contributed by atoms with E-state index in [1.165, 1.54) is 5.56 Å². The summed E-state index contributed by atoms with van der Waals surface area (Å²) in [5.41, 5.74) is 2.89. The Morgan fingerprint density at radius 3 is 2.53 bits per heavy atom. The third-order valence-corrected chi connectivity index (χ3v) is 2.71. The van der Waals surface area contributed by atoms with Gasteiger partial charge in [0.2, 0.25) is 0 Å². The molecule has 2 rings (SSSR count). The molecule has 0 radical (unpaired) electrons. The normalized spacial score (nSPS) is 9.94. The first kappa shape index (κ1) is 11.4. The minimum absolute atomic E-state index is 0.717. The Bertz CT molecular complexity index is 504. The maximum Gasteiger partial charge on any atom is 0.150 e. The van der Waals surface area contributed by atoms with Crippen LogP contribution in [0.4, 0.5) is 0 Å². The van der Waals surface area contributed by atoms with Crippen molar-refractivity contribution in [1.29, 1.82) is 0 Å². The Morgan fingerprint density at radius 1 is 1.12 bits per heavy atom. The topological polar surface area (TPSA) is 26.3 Å². The number of carbonyl (C=O) groups is 1. The number of rotatable bonds is 4. The number of ether oxygens (including phenoxy) is 1. The minimum Gasteiger partial charge on any atom is -0.497 e. The second-order valence-corrected chi connectivity index (χ2v) is 3.84. The molecule has 0 amide bonds. The predicted molar refractivity (Wildman–Crippen MR) is 67.6 cm³/mol. The van der Waals surface area contributed by atoms with E-state index < -0.39 is 0 Å². The van der Waals surface area contributed by atoms with Gasteiger partial charge >= 0.3 is 0 Å². The number of hydrogen-bond acceptors (Lipinski definition) is 2. The molecule has 0 aliphatic carbocycles. The van der Waals surface area contributed by atoms with Crippen LogP contribution < -0.4 is 4.74 Å². The monoisotopic (exact) mass is 226 g/mol. The van der Waals surface area contributed by atoms with Crippen LogP contribution in [0, 0.1) is 0 Å². The summed E-state index contributed by atoms with van der Waals surface area (Å²) in [6.45, 7) is 0. The average Bonchev–Trinajstić information content (AvgIpc) is 2.40. The molecular weight excluding hydrogens is 212 g/mol. The molecule has 0 spiro atoms. The predicted octanol–water partition coefficient (Wildman–Crippen LogP) is 3.10. The van der Waals surface area contributed by atoms with Crippen molar-refractivity contribution in [3.63, 3.8) is 0 Å². The van der Waals surface area contributed by atoms with E-state index in [1.54, 1.807) is 19.2 Å². The summed E-state index contributed by atoms with van der Waals surface area (Å²) in [7, 11) is 1.63. The highest BCUT2D eigenvalue weighted by atomic mass is 16.5. The van der Waals surface area contributed by atoms with Gasteiger partial charge in [0.15, 0.2) is 0 Å². The van der Waals surface area contributed by atoms with E-state index in [2.05, 4.69) is 0 Å². The third-order valence-electron chi connectivity index (χ3n) is 2.71. The van der Waals surface area contributed by atoms with Crippen molar-refractivity contribution in [3.8, 4) is 5.75 Å². The van der Waals surface area contributed by atoms with E-state index in [-0.39, 0.29) is 0 Å². The average molecular weight is 226 g/mol. The van der Waals surface area contributed by atoms with Crippen LogP contribution in [0.2, 0.25) is 0 Å². The smallest absolute Gasteiger partial charge is 0.150 e. The zero-order valence-electron chi connectivity index (χ0n) is 9.72. The Labute approximate surface area is 101 Å². The highest BCUT2D eigenvalue weighted by molar-refractivity contribution is 5.78. The second-order valence-electron chi connectivity index (χ2n) is 3.84. The first-order chi connectivity index (χ1) is 8.33. The Balaban J connectivity index is 2.33. The molecule has 0 bridgehead atoms. The van der Waals surface area contributed by atoms with E-state index in [1.807, 2.05) is 36.4 Å². The quantitative estimate of drug-likeness (QED) is 0.749. The van der Waals surface area contributed by atoms with Gasteiger partial charge in [0.25, 0.3) is 0 Å². The van der Waals surface area contributed by atoms with Gasteiger partial charge in [-0.15, -0.1) is 0 Å². The van der Waals surface area contributed by atoms with E-state index in [9.17, 15) is 4.79 Å². The molecule has 0 unspecified atom stereocenters. The van der Waals surface area contributed by atoms with E-state index in [0.29, 0.717) is 0 Å². The molecule has 0 aliphatic heterocycles. The molecule has 0 saturated carbocycles. The molecule has 0 aromatic heterocycles. The van der Waals surface area contributed by atoms with Crippen LogP contribution in [-0.2, 0) is 6.42 Å². The summed E-state index contributed by atoms with van der Waals surface area (Å²) >= 11 is 0. The van der Waals surface area contributed by atoms with Crippen LogP contribution in [0.15, 0.2) is 48.5 Å². The summed E-state index contributed by atoms with van der Waals surface area (Å²) in [5.74, 6) is 0.779. The Hall–Kier alpha value is -2.09. The molecule has 2 aromatic carbocycles. The zero-order valence-corrected chi connectivity index (χ0v) is 9.72. The number of hydrogen-bond donors (Lipinski definition) is 0. The van der Waals surface area contributed by atoms with Gasteiger partial charge in [-0.05, 0) is 35.7 Å². The summed E-state index contributed by atoms with van der Waals surface area (Å²) in [6, 6.07) is 15.6. The van der Waals surface area contributed by atoms with Crippen LogP contribution in [0.1, 0.15) is 21.5 Å². The highest BCUT2D eigenvalue weighted by Crippen LogP contribution is 2.19. The molecule has 0 heterocycles. The molecule has 0 atom stereocenters. The summed E-state index contributed by atoms with van der Waals surface area (Å²) in [6.07, 6.45) is 1.63. The fourth-order valence-corrected chi connectivity index (χ4v) is 1.79. The first-order valence-electron chi connectivity index (χ1n) is 5.49. The van der Waals surface area contributed by atoms with Gasteiger partial charge < -0.3 is 4.74 Å². The molecule has 0 saturated heterocycles. The standard InChI is InChI=1S/C15H14O2/c1-17-15-8-7-13(11-16)14(10-15)9-12-5-3-2-4-6-12/h2-8,10-11H,9H2,1H3. The molecule has 17 heavy (non-hydrogen) atoms. The number of carbonyl (C=O) groups excluding carboxylic acids is 1. The fourth-order valence-electron chi connectivity index (χ4n) is 1.79. The van der Waals surface area contributed by atoms with Gasteiger partial charge in [-0.1, -0.05) is 30.3 Å². The third kappa shape index (κ3) is 2.72. The molecular formula is C15H14O2. The summed E-state index contributed by atoms with van der Waals surface area (Å²) < 4.78 is 5.18. The molecule has 2 aromatic rings. The molecule has 0 fully saturated rings. The summed E-state index contributed by atoms with van der Waals surface area (Å²) in [5, 5.41) is 0. The Kier molecular flexibility index (Phi) is 3.55. The van der Waals surface area contributed by atoms with Crippen LogP contribution >= 0.6 is 0 Å². The van der Waals surface area contributed by atoms with Crippen molar-refractivity contribution in [2.45, 2.75) is 6.42 Å². The van der Waals surface area contributed by atoms with Crippen molar-refractivity contribution < 1.29 is 9.53 Å². The fraction of sp³-hybridized carbons (Fsp3) is 0.133. The number of benzene rings is 2. The Morgan fingerprint density at radius 2 is 1.88 bits per heavy atom. The number of aldehydes is 1. The van der Waals surface area contributed by atoms with E-state index in [4.69, 9.17) is 4.74 Å². The van der Waals surface area contributed by atoms with Crippen LogP contribution in [0.25, 0.3) is 0 Å². The molecule has 2 nitrogen and oxygen atoms in total. The molecule has 86 valence electrons. The minimum atomic E-state index is 0.717. The van der Waals surface area contributed by atoms with Gasteiger partial charge in [0.1, 0.15) is 12.0 Å². The van der Waals surface area contributed by atoms with E-state index in [0.717, 1.165) is 29.6 Å². The SMILES string of the molecule is COc1ccc(C=O)c(Cc2ccccc2)c1. The molecule has 0 aliphatic rings. The van der Waals surface area contributed by atoms with Gasteiger partial charge in [0.05, 0.1) is 7.11 Å². The lowest BCUT2D eigenvalue weighted by Gasteiger charge is -2.07. The first-order valence-corrected chi connectivity index (χ1v) is 5.49. The number of methoxy groups -OCH3 is 1. The van der Waals surface area contributed by atoms with E-state index >= 15 is 0 Å². The highest BCUT2D eigenvalue weighted by Gasteiger charge is 2.04.